The number of rotatable bonds is 5. The third kappa shape index (κ3) is 3.47. The largest absolute Gasteiger partial charge is 0.366 e. The van der Waals surface area contributed by atoms with Crippen molar-refractivity contribution in [3.05, 3.63) is 64.6 Å². The zero-order chi connectivity index (χ0) is 18.3. The summed E-state index contributed by atoms with van der Waals surface area (Å²) >= 11 is 0. The lowest BCUT2D eigenvalue weighted by Gasteiger charge is -2.17. The zero-order valence-electron chi connectivity index (χ0n) is 14.8. The Kier molecular flexibility index (Phi) is 4.23. The molecule has 4 rings (SSSR count). The average molecular weight is 351 g/mol. The third-order valence-electron chi connectivity index (χ3n) is 5.16. The zero-order valence-corrected chi connectivity index (χ0v) is 14.8. The van der Waals surface area contributed by atoms with Crippen LogP contribution in [0.15, 0.2) is 47.8 Å². The molecule has 3 N–H and O–H groups in total. The van der Waals surface area contributed by atoms with E-state index < -0.39 is 5.91 Å². The third-order valence-corrected chi connectivity index (χ3v) is 5.16. The predicted octanol–water partition coefficient (Wildman–Crippen LogP) is 4.24. The predicted molar refractivity (Wildman–Crippen MR) is 99.1 cm³/mol. The lowest BCUT2D eigenvalue weighted by atomic mass is 9.89. The van der Waals surface area contributed by atoms with Crippen LogP contribution in [0.5, 0.6) is 0 Å². The van der Waals surface area contributed by atoms with Crippen LogP contribution in [-0.2, 0) is 6.42 Å². The molecule has 0 saturated heterocycles. The monoisotopic (exact) mass is 351 g/mol. The van der Waals surface area contributed by atoms with Crippen LogP contribution in [0.2, 0.25) is 0 Å². The van der Waals surface area contributed by atoms with Gasteiger partial charge in [0.1, 0.15) is 5.83 Å². The Morgan fingerprint density at radius 3 is 2.85 bits per heavy atom. The Morgan fingerprint density at radius 1 is 1.35 bits per heavy atom. The molecule has 0 radical (unpaired) electrons. The van der Waals surface area contributed by atoms with Gasteiger partial charge >= 0.3 is 0 Å². The highest BCUT2D eigenvalue weighted by molar-refractivity contribution is 5.94. The van der Waals surface area contributed by atoms with E-state index in [0.717, 1.165) is 34.5 Å². The quantitative estimate of drug-likeness (QED) is 0.846. The normalized spacial score (nSPS) is 19.8. The van der Waals surface area contributed by atoms with Gasteiger partial charge in [-0.1, -0.05) is 12.1 Å². The Balaban J connectivity index is 1.51. The molecule has 2 aromatic rings. The van der Waals surface area contributed by atoms with Gasteiger partial charge in [-0.2, -0.15) is 5.10 Å². The minimum atomic E-state index is -0.428. The molecule has 1 aromatic carbocycles. The van der Waals surface area contributed by atoms with Gasteiger partial charge in [-0.25, -0.2) is 4.39 Å². The van der Waals surface area contributed by atoms with E-state index in [1.165, 1.54) is 12.8 Å². The Labute approximate surface area is 152 Å². The maximum absolute atomic E-state index is 13.9. The van der Waals surface area contributed by atoms with Gasteiger partial charge in [0.25, 0.3) is 0 Å². The van der Waals surface area contributed by atoms with E-state index in [4.69, 9.17) is 5.73 Å². The average Bonchev–Trinajstić information content (AvgIpc) is 3.34. The molecule has 1 saturated carbocycles. The van der Waals surface area contributed by atoms with Crippen LogP contribution in [0, 0.1) is 18.8 Å². The summed E-state index contributed by atoms with van der Waals surface area (Å²) in [5.41, 5.74) is 10.6. The van der Waals surface area contributed by atoms with Crippen molar-refractivity contribution in [3.63, 3.8) is 0 Å². The van der Waals surface area contributed by atoms with E-state index in [-0.39, 0.29) is 11.7 Å². The number of allylic oxidation sites excluding steroid dienone is 4. The summed E-state index contributed by atoms with van der Waals surface area (Å²) in [7, 11) is 0. The number of H-pyrrole nitrogens is 1. The number of halogens is 1. The number of amides is 1. The number of nitrogens with one attached hydrogen (secondary N) is 1. The summed E-state index contributed by atoms with van der Waals surface area (Å²) in [5, 5.41) is 7.45. The van der Waals surface area contributed by atoms with Gasteiger partial charge in [-0.05, 0) is 73.4 Å². The summed E-state index contributed by atoms with van der Waals surface area (Å²) in [6.07, 6.45) is 7.50. The number of aromatic nitrogens is 2. The van der Waals surface area contributed by atoms with E-state index in [2.05, 4.69) is 16.3 Å². The van der Waals surface area contributed by atoms with Crippen molar-refractivity contribution < 1.29 is 9.18 Å². The lowest BCUT2D eigenvalue weighted by molar-refractivity contribution is 0.0999. The minimum Gasteiger partial charge on any atom is -0.366 e. The number of nitrogens with zero attached hydrogens (tertiary/aromatic N) is 1. The van der Waals surface area contributed by atoms with E-state index in [1.54, 1.807) is 12.1 Å². The SMILES string of the molecule is Cc1cc(-c2cc(CC3C=C(C4CC4)C=C(F)C3)[nH]n2)ccc1C(N)=O. The van der Waals surface area contributed by atoms with Crippen molar-refractivity contribution in [1.29, 1.82) is 0 Å². The number of aromatic amines is 1. The Bertz CT molecular complexity index is 921. The Hall–Kier alpha value is -2.69. The van der Waals surface area contributed by atoms with Crippen LogP contribution in [-0.4, -0.2) is 16.1 Å². The molecule has 26 heavy (non-hydrogen) atoms. The smallest absolute Gasteiger partial charge is 0.248 e. The van der Waals surface area contributed by atoms with Gasteiger partial charge in [-0.3, -0.25) is 9.89 Å². The number of nitrogens with two attached hydrogens (primary N) is 1. The van der Waals surface area contributed by atoms with Crippen LogP contribution in [0.25, 0.3) is 11.3 Å². The number of hydrogen-bond acceptors (Lipinski definition) is 2. The second-order valence-corrected chi connectivity index (χ2v) is 7.37. The molecule has 0 spiro atoms. The summed E-state index contributed by atoms with van der Waals surface area (Å²) in [4.78, 5) is 11.4. The fraction of sp³-hybridized carbons (Fsp3) is 0.333. The van der Waals surface area contributed by atoms with E-state index in [0.29, 0.717) is 17.9 Å². The first-order valence-electron chi connectivity index (χ1n) is 9.02. The number of carbonyl (C=O) groups is 1. The van der Waals surface area contributed by atoms with E-state index in [1.807, 2.05) is 25.1 Å². The maximum Gasteiger partial charge on any atom is 0.248 e. The highest BCUT2D eigenvalue weighted by atomic mass is 19.1. The number of benzene rings is 1. The molecule has 1 aromatic heterocycles. The molecule has 1 fully saturated rings. The highest BCUT2D eigenvalue weighted by Crippen LogP contribution is 2.41. The molecule has 0 aliphatic heterocycles. The molecule has 5 heteroatoms. The number of aryl methyl sites for hydroxylation is 1. The van der Waals surface area contributed by atoms with Gasteiger partial charge < -0.3 is 5.73 Å². The van der Waals surface area contributed by atoms with Crippen molar-refractivity contribution in [1.82, 2.24) is 10.2 Å². The van der Waals surface area contributed by atoms with Crippen molar-refractivity contribution in [3.8, 4) is 11.3 Å². The van der Waals surface area contributed by atoms with Gasteiger partial charge in [0.15, 0.2) is 0 Å². The number of primary amides is 1. The molecule has 1 amide bonds. The highest BCUT2D eigenvalue weighted by Gasteiger charge is 2.28. The standard InChI is InChI=1S/C21H22FN3O/c1-12-6-15(4-5-19(12)21(23)26)20-11-18(24-25-20)9-13-7-16(14-2-3-14)10-17(22)8-13/h4-7,10-11,13-14H,2-3,8-9H2,1H3,(H2,23,26)(H,24,25). The molecule has 2 aliphatic carbocycles. The van der Waals surface area contributed by atoms with Gasteiger partial charge in [0, 0.05) is 23.2 Å². The second kappa shape index (κ2) is 6.56. The van der Waals surface area contributed by atoms with Crippen molar-refractivity contribution in [2.75, 3.05) is 0 Å². The maximum atomic E-state index is 13.9. The first-order valence-corrected chi connectivity index (χ1v) is 9.02. The van der Waals surface area contributed by atoms with E-state index >= 15 is 0 Å². The van der Waals surface area contributed by atoms with Crippen LogP contribution in [0.3, 0.4) is 0 Å². The van der Waals surface area contributed by atoms with E-state index in [9.17, 15) is 9.18 Å². The molecule has 134 valence electrons. The van der Waals surface area contributed by atoms with Crippen molar-refractivity contribution in [2.24, 2.45) is 17.6 Å². The van der Waals surface area contributed by atoms with Gasteiger partial charge in [0.2, 0.25) is 5.91 Å². The lowest BCUT2D eigenvalue weighted by Crippen LogP contribution is -2.12. The summed E-state index contributed by atoms with van der Waals surface area (Å²) < 4.78 is 13.9. The number of hydrogen-bond donors (Lipinski definition) is 2. The molecular formula is C21H22FN3O. The molecular weight excluding hydrogens is 329 g/mol. The fourth-order valence-corrected chi connectivity index (χ4v) is 3.67. The topological polar surface area (TPSA) is 71.8 Å². The molecule has 1 atom stereocenters. The second-order valence-electron chi connectivity index (χ2n) is 7.37. The minimum absolute atomic E-state index is 0.0168. The first kappa shape index (κ1) is 16.8. The summed E-state index contributed by atoms with van der Waals surface area (Å²) in [6.45, 7) is 1.86. The summed E-state index contributed by atoms with van der Waals surface area (Å²) in [6, 6.07) is 7.49. The summed E-state index contributed by atoms with van der Waals surface area (Å²) in [5.74, 6) is 0.287. The molecule has 1 unspecified atom stereocenters. The number of carbonyl (C=O) groups excluding carboxylic acids is 1. The van der Waals surface area contributed by atoms with Crippen LogP contribution >= 0.6 is 0 Å². The molecule has 0 bridgehead atoms. The van der Waals surface area contributed by atoms with Gasteiger partial charge in [-0.15, -0.1) is 0 Å². The van der Waals surface area contributed by atoms with Gasteiger partial charge in [0.05, 0.1) is 5.69 Å². The fourth-order valence-electron chi connectivity index (χ4n) is 3.67. The van der Waals surface area contributed by atoms with Crippen molar-refractivity contribution in [2.45, 2.75) is 32.6 Å². The first-order chi connectivity index (χ1) is 12.5. The molecule has 4 nitrogen and oxygen atoms in total. The van der Waals surface area contributed by atoms with Crippen molar-refractivity contribution >= 4 is 5.91 Å². The Morgan fingerprint density at radius 2 is 2.15 bits per heavy atom. The van der Waals surface area contributed by atoms with Crippen LogP contribution < -0.4 is 5.73 Å². The van der Waals surface area contributed by atoms with Crippen LogP contribution in [0.1, 0.15) is 40.9 Å². The van der Waals surface area contributed by atoms with Crippen LogP contribution in [0.4, 0.5) is 4.39 Å². The molecule has 1 heterocycles. The molecule has 2 aliphatic rings.